The molecule has 0 fully saturated rings. The third kappa shape index (κ3) is 4.83. The molecule has 1 N–H and O–H groups in total. The summed E-state index contributed by atoms with van der Waals surface area (Å²) in [4.78, 5) is 27.8. The fourth-order valence-corrected chi connectivity index (χ4v) is 2.69. The Morgan fingerprint density at radius 2 is 2.24 bits per heavy atom. The lowest BCUT2D eigenvalue weighted by molar-refractivity contribution is -0.141. The van der Waals surface area contributed by atoms with Crippen LogP contribution in [0.25, 0.3) is 5.65 Å². The SMILES string of the molecule is Cc1cc(NC(=O)CSCC(=O)OCc2cn3ccccc3n2)no1. The van der Waals surface area contributed by atoms with E-state index < -0.39 is 5.97 Å². The molecule has 0 aliphatic rings. The standard InChI is InChI=1S/C16H16N4O4S/c1-11-6-13(19-24-11)18-15(21)9-25-10-16(22)23-8-12-7-20-5-3-2-4-14(20)17-12/h2-7H,8-10H2,1H3,(H,18,19,21). The lowest BCUT2D eigenvalue weighted by Gasteiger charge is -2.03. The van der Waals surface area contributed by atoms with Gasteiger partial charge in [0, 0.05) is 18.5 Å². The Bertz CT molecular complexity index is 856. The molecular weight excluding hydrogens is 344 g/mol. The lowest BCUT2D eigenvalue weighted by atomic mass is 10.5. The molecule has 3 aromatic rings. The van der Waals surface area contributed by atoms with Crippen LogP contribution >= 0.6 is 11.8 Å². The first-order valence-electron chi connectivity index (χ1n) is 7.49. The second kappa shape index (κ2) is 7.84. The number of ether oxygens (including phenoxy) is 1. The number of nitrogens with zero attached hydrogens (tertiary/aromatic N) is 3. The number of anilines is 1. The molecule has 0 aliphatic heterocycles. The number of amides is 1. The first-order valence-corrected chi connectivity index (χ1v) is 8.65. The van der Waals surface area contributed by atoms with Crippen molar-refractivity contribution in [3.63, 3.8) is 0 Å². The smallest absolute Gasteiger partial charge is 0.316 e. The number of fused-ring (bicyclic) bond motifs is 1. The van der Waals surface area contributed by atoms with Crippen LogP contribution in [-0.2, 0) is 20.9 Å². The van der Waals surface area contributed by atoms with Gasteiger partial charge in [0.1, 0.15) is 18.0 Å². The Kier molecular flexibility index (Phi) is 5.34. The highest BCUT2D eigenvalue weighted by Crippen LogP contribution is 2.09. The van der Waals surface area contributed by atoms with Gasteiger partial charge in [-0.15, -0.1) is 11.8 Å². The van der Waals surface area contributed by atoms with Crippen LogP contribution in [0, 0.1) is 6.92 Å². The number of hydrogen-bond acceptors (Lipinski definition) is 7. The third-order valence-electron chi connectivity index (χ3n) is 3.14. The Morgan fingerprint density at radius 1 is 1.36 bits per heavy atom. The molecule has 8 nitrogen and oxygen atoms in total. The molecule has 3 aromatic heterocycles. The van der Waals surface area contributed by atoms with Crippen molar-refractivity contribution in [2.24, 2.45) is 0 Å². The molecule has 3 heterocycles. The molecule has 0 saturated carbocycles. The molecule has 0 bridgehead atoms. The molecule has 0 atom stereocenters. The first-order chi connectivity index (χ1) is 12.1. The van der Waals surface area contributed by atoms with Gasteiger partial charge in [0.05, 0.1) is 17.2 Å². The third-order valence-corrected chi connectivity index (χ3v) is 4.05. The van der Waals surface area contributed by atoms with Crippen molar-refractivity contribution in [1.82, 2.24) is 14.5 Å². The largest absolute Gasteiger partial charge is 0.458 e. The van der Waals surface area contributed by atoms with Gasteiger partial charge >= 0.3 is 5.97 Å². The van der Waals surface area contributed by atoms with Gasteiger partial charge in [-0.05, 0) is 19.1 Å². The van der Waals surface area contributed by atoms with E-state index in [1.165, 1.54) is 11.8 Å². The second-order valence-corrected chi connectivity index (χ2v) is 6.21. The summed E-state index contributed by atoms with van der Waals surface area (Å²) in [6.07, 6.45) is 3.68. The van der Waals surface area contributed by atoms with Crippen molar-refractivity contribution in [2.45, 2.75) is 13.5 Å². The average molecular weight is 360 g/mol. The number of imidazole rings is 1. The fraction of sp³-hybridized carbons (Fsp3) is 0.250. The summed E-state index contributed by atoms with van der Waals surface area (Å²) in [5, 5.41) is 6.24. The van der Waals surface area contributed by atoms with E-state index in [9.17, 15) is 9.59 Å². The van der Waals surface area contributed by atoms with Crippen LogP contribution in [0.3, 0.4) is 0 Å². The number of hydrogen-bond donors (Lipinski definition) is 1. The average Bonchev–Trinajstić information content (AvgIpc) is 3.18. The van der Waals surface area contributed by atoms with E-state index in [0.29, 0.717) is 17.3 Å². The van der Waals surface area contributed by atoms with Crippen LogP contribution in [-0.4, -0.2) is 37.9 Å². The van der Waals surface area contributed by atoms with Gasteiger partial charge in [-0.2, -0.15) is 0 Å². The van der Waals surface area contributed by atoms with E-state index in [2.05, 4.69) is 15.5 Å². The van der Waals surface area contributed by atoms with Crippen molar-refractivity contribution >= 4 is 35.1 Å². The normalized spacial score (nSPS) is 10.8. The molecule has 0 radical (unpaired) electrons. The summed E-state index contributed by atoms with van der Waals surface area (Å²) in [6.45, 7) is 1.84. The minimum absolute atomic E-state index is 0.0820. The second-order valence-electron chi connectivity index (χ2n) is 5.22. The zero-order chi connectivity index (χ0) is 17.6. The molecule has 0 spiro atoms. The maximum atomic E-state index is 11.7. The van der Waals surface area contributed by atoms with Gasteiger partial charge in [-0.3, -0.25) is 9.59 Å². The van der Waals surface area contributed by atoms with Crippen LogP contribution in [0.2, 0.25) is 0 Å². The van der Waals surface area contributed by atoms with E-state index >= 15 is 0 Å². The van der Waals surface area contributed by atoms with E-state index in [-0.39, 0.29) is 24.0 Å². The number of aryl methyl sites for hydroxylation is 1. The summed E-state index contributed by atoms with van der Waals surface area (Å²) in [5.41, 5.74) is 1.46. The van der Waals surface area contributed by atoms with E-state index in [1.807, 2.05) is 35.0 Å². The summed E-state index contributed by atoms with van der Waals surface area (Å²) in [5.74, 6) is 0.517. The van der Waals surface area contributed by atoms with Crippen molar-refractivity contribution in [1.29, 1.82) is 0 Å². The van der Waals surface area contributed by atoms with Gasteiger partial charge in [-0.1, -0.05) is 11.2 Å². The predicted molar refractivity (Wildman–Crippen MR) is 92.2 cm³/mol. The Hall–Kier alpha value is -2.81. The highest BCUT2D eigenvalue weighted by molar-refractivity contribution is 8.00. The van der Waals surface area contributed by atoms with Gasteiger partial charge in [0.15, 0.2) is 5.82 Å². The minimum atomic E-state index is -0.396. The summed E-state index contributed by atoms with van der Waals surface area (Å²) >= 11 is 1.17. The maximum absolute atomic E-state index is 11.7. The Labute approximate surface area is 147 Å². The highest BCUT2D eigenvalue weighted by atomic mass is 32.2. The van der Waals surface area contributed by atoms with Crippen LogP contribution < -0.4 is 5.32 Å². The number of nitrogens with one attached hydrogen (secondary N) is 1. The number of pyridine rings is 1. The first kappa shape index (κ1) is 17.0. The van der Waals surface area contributed by atoms with E-state index in [0.717, 1.165) is 5.65 Å². The monoisotopic (exact) mass is 360 g/mol. The molecule has 0 unspecified atom stereocenters. The van der Waals surface area contributed by atoms with Gasteiger partial charge in [0.2, 0.25) is 5.91 Å². The highest BCUT2D eigenvalue weighted by Gasteiger charge is 2.10. The predicted octanol–water partition coefficient (Wildman–Crippen LogP) is 2.05. The van der Waals surface area contributed by atoms with Crippen molar-refractivity contribution in [3.8, 4) is 0 Å². The molecule has 0 saturated heterocycles. The van der Waals surface area contributed by atoms with Crippen LogP contribution in [0.4, 0.5) is 5.82 Å². The van der Waals surface area contributed by atoms with Gasteiger partial charge in [-0.25, -0.2) is 4.98 Å². The van der Waals surface area contributed by atoms with E-state index in [1.54, 1.807) is 13.0 Å². The molecule has 130 valence electrons. The van der Waals surface area contributed by atoms with Crippen molar-refractivity contribution in [2.75, 3.05) is 16.8 Å². The molecule has 1 amide bonds. The number of rotatable bonds is 7. The summed E-state index contributed by atoms with van der Waals surface area (Å²) in [6, 6.07) is 7.27. The maximum Gasteiger partial charge on any atom is 0.316 e. The van der Waals surface area contributed by atoms with Crippen LogP contribution in [0.15, 0.2) is 41.2 Å². The lowest BCUT2D eigenvalue weighted by Crippen LogP contribution is -2.16. The topological polar surface area (TPSA) is 98.7 Å². The van der Waals surface area contributed by atoms with Crippen LogP contribution in [0.5, 0.6) is 0 Å². The molecule has 25 heavy (non-hydrogen) atoms. The Morgan fingerprint density at radius 3 is 3.00 bits per heavy atom. The molecular formula is C16H16N4O4S. The fourth-order valence-electron chi connectivity index (χ4n) is 2.08. The number of carbonyl (C=O) groups is 2. The quantitative estimate of drug-likeness (QED) is 0.644. The zero-order valence-corrected chi connectivity index (χ0v) is 14.3. The molecule has 3 rings (SSSR count). The zero-order valence-electron chi connectivity index (χ0n) is 13.5. The minimum Gasteiger partial charge on any atom is -0.458 e. The Balaban J connectivity index is 1.37. The van der Waals surface area contributed by atoms with E-state index in [4.69, 9.17) is 9.26 Å². The molecule has 9 heteroatoms. The van der Waals surface area contributed by atoms with Gasteiger partial charge in [0.25, 0.3) is 0 Å². The summed E-state index contributed by atoms with van der Waals surface area (Å²) in [7, 11) is 0. The number of aromatic nitrogens is 3. The van der Waals surface area contributed by atoms with Crippen molar-refractivity contribution < 1.29 is 18.8 Å². The summed E-state index contributed by atoms with van der Waals surface area (Å²) < 4.78 is 11.9. The molecule has 0 aliphatic carbocycles. The van der Waals surface area contributed by atoms with Crippen molar-refractivity contribution in [3.05, 3.63) is 48.1 Å². The number of esters is 1. The number of thioether (sulfide) groups is 1. The van der Waals surface area contributed by atoms with Crippen LogP contribution in [0.1, 0.15) is 11.5 Å². The molecule has 0 aromatic carbocycles. The van der Waals surface area contributed by atoms with Gasteiger partial charge < -0.3 is 19.0 Å². The number of carbonyl (C=O) groups excluding carboxylic acids is 2.